The second-order valence-corrected chi connectivity index (χ2v) is 5.93. The molecule has 0 amide bonds. The zero-order valence-corrected chi connectivity index (χ0v) is 15.2. The molecule has 1 heterocycles. The van der Waals surface area contributed by atoms with Crippen molar-refractivity contribution in [2.24, 2.45) is 4.99 Å². The first-order valence-electron chi connectivity index (χ1n) is 8.38. The van der Waals surface area contributed by atoms with Crippen LogP contribution in [0.1, 0.15) is 31.2 Å². The number of guanidine groups is 1. The lowest BCUT2D eigenvalue weighted by Gasteiger charge is -2.12. The van der Waals surface area contributed by atoms with Crippen LogP contribution in [0, 0.1) is 10.1 Å². The van der Waals surface area contributed by atoms with Crippen LogP contribution in [0.2, 0.25) is 0 Å². The first-order chi connectivity index (χ1) is 12.5. The van der Waals surface area contributed by atoms with Crippen LogP contribution < -0.4 is 16.0 Å². The van der Waals surface area contributed by atoms with Crippen molar-refractivity contribution in [2.75, 3.05) is 25.5 Å². The number of anilines is 1. The zero-order chi connectivity index (χ0) is 18.9. The molecule has 0 atom stereocenters. The predicted octanol–water partition coefficient (Wildman–Crippen LogP) is 2.48. The summed E-state index contributed by atoms with van der Waals surface area (Å²) in [6, 6.07) is 8.47. The van der Waals surface area contributed by atoms with E-state index < -0.39 is 4.92 Å². The molecule has 0 saturated heterocycles. The normalized spacial score (nSPS) is 11.5. The number of aromatic nitrogens is 1. The van der Waals surface area contributed by atoms with Crippen molar-refractivity contribution in [3.63, 3.8) is 0 Å². The van der Waals surface area contributed by atoms with Crippen LogP contribution in [0.25, 0.3) is 0 Å². The number of nitro benzene ring substituents is 1. The Bertz CT molecular complexity index is 756. The smallest absolute Gasteiger partial charge is 0.292 e. The Morgan fingerprint density at radius 1 is 1.31 bits per heavy atom. The minimum Gasteiger partial charge on any atom is -0.378 e. The van der Waals surface area contributed by atoms with Gasteiger partial charge in [0.05, 0.1) is 17.2 Å². The first kappa shape index (κ1) is 19.2. The Morgan fingerprint density at radius 2 is 2.08 bits per heavy atom. The van der Waals surface area contributed by atoms with Crippen LogP contribution in [0.15, 0.2) is 39.8 Å². The van der Waals surface area contributed by atoms with Gasteiger partial charge < -0.3 is 20.5 Å². The number of nitrogens with zero attached hydrogens (tertiary/aromatic N) is 3. The molecule has 3 N–H and O–H groups in total. The second-order valence-electron chi connectivity index (χ2n) is 5.93. The summed E-state index contributed by atoms with van der Waals surface area (Å²) >= 11 is 0. The number of aliphatic imine (C=N–C) groups is 1. The summed E-state index contributed by atoms with van der Waals surface area (Å²) < 4.78 is 5.27. The molecule has 0 aliphatic carbocycles. The summed E-state index contributed by atoms with van der Waals surface area (Å²) in [6.45, 7) is 5.63. The first-order valence-corrected chi connectivity index (χ1v) is 8.38. The molecule has 0 fully saturated rings. The van der Waals surface area contributed by atoms with E-state index >= 15 is 0 Å². The van der Waals surface area contributed by atoms with Gasteiger partial charge in [0.25, 0.3) is 5.69 Å². The fraction of sp³-hybridized carbons (Fsp3) is 0.412. The highest BCUT2D eigenvalue weighted by Crippen LogP contribution is 2.22. The fourth-order valence-corrected chi connectivity index (χ4v) is 2.24. The molecular formula is C17H24N6O3. The third-order valence-electron chi connectivity index (χ3n) is 3.66. The molecule has 9 heteroatoms. The maximum atomic E-state index is 11.0. The maximum absolute atomic E-state index is 11.0. The molecule has 2 aromatic rings. The number of rotatable bonds is 8. The summed E-state index contributed by atoms with van der Waals surface area (Å²) in [5, 5.41) is 24.3. The van der Waals surface area contributed by atoms with Gasteiger partial charge in [-0.1, -0.05) is 31.1 Å². The van der Waals surface area contributed by atoms with E-state index in [0.29, 0.717) is 37.2 Å². The molecule has 0 saturated carbocycles. The Morgan fingerprint density at radius 3 is 2.73 bits per heavy atom. The van der Waals surface area contributed by atoms with E-state index in [9.17, 15) is 10.1 Å². The molecule has 0 spiro atoms. The van der Waals surface area contributed by atoms with E-state index in [1.807, 2.05) is 6.07 Å². The van der Waals surface area contributed by atoms with Crippen molar-refractivity contribution >= 4 is 17.3 Å². The number of hydrogen-bond donors (Lipinski definition) is 3. The van der Waals surface area contributed by atoms with Gasteiger partial charge in [-0.05, 0) is 12.0 Å². The highest BCUT2D eigenvalue weighted by molar-refractivity contribution is 5.79. The summed E-state index contributed by atoms with van der Waals surface area (Å²) in [4.78, 5) is 14.7. The Kier molecular flexibility index (Phi) is 6.95. The van der Waals surface area contributed by atoms with Crippen molar-refractivity contribution in [3.8, 4) is 0 Å². The van der Waals surface area contributed by atoms with Crippen LogP contribution in [0.4, 0.5) is 11.4 Å². The predicted molar refractivity (Wildman–Crippen MR) is 100 cm³/mol. The molecule has 0 aliphatic heterocycles. The molecule has 0 aliphatic rings. The summed E-state index contributed by atoms with van der Waals surface area (Å²) in [5.41, 5.74) is 1.46. The molecular weight excluding hydrogens is 336 g/mol. The number of hydrogen-bond acceptors (Lipinski definition) is 6. The van der Waals surface area contributed by atoms with Gasteiger partial charge in [-0.2, -0.15) is 0 Å². The lowest BCUT2D eigenvalue weighted by atomic mass is 10.1. The topological polar surface area (TPSA) is 118 Å². The molecule has 26 heavy (non-hydrogen) atoms. The van der Waals surface area contributed by atoms with Crippen molar-refractivity contribution in [1.82, 2.24) is 15.8 Å². The Labute approximate surface area is 152 Å². The lowest BCUT2D eigenvalue weighted by molar-refractivity contribution is -0.384. The van der Waals surface area contributed by atoms with Gasteiger partial charge >= 0.3 is 0 Å². The van der Waals surface area contributed by atoms with E-state index in [0.717, 1.165) is 11.5 Å². The van der Waals surface area contributed by atoms with E-state index in [1.165, 1.54) is 6.07 Å². The molecule has 140 valence electrons. The Balaban J connectivity index is 1.76. The minimum absolute atomic E-state index is 0.0567. The quantitative estimate of drug-likeness (QED) is 0.218. The standard InChI is InChI=1S/C17H24N6O3/c1-12(2)15-10-13(26-22-15)11-21-17(18-3)20-9-8-19-14-6-4-5-7-16(14)23(24)25/h4-7,10,12,19H,8-9,11H2,1-3H3,(H2,18,20,21). The van der Waals surface area contributed by atoms with Crippen molar-refractivity contribution in [2.45, 2.75) is 26.3 Å². The molecule has 1 aromatic heterocycles. The Hall–Kier alpha value is -3.10. The largest absolute Gasteiger partial charge is 0.378 e. The van der Waals surface area contributed by atoms with Crippen molar-refractivity contribution in [1.29, 1.82) is 0 Å². The highest BCUT2D eigenvalue weighted by Gasteiger charge is 2.11. The van der Waals surface area contributed by atoms with Gasteiger partial charge in [0, 0.05) is 32.3 Å². The SMILES string of the molecule is CN=C(NCCNc1ccccc1[N+](=O)[O-])NCc1cc(C(C)C)no1. The van der Waals surface area contributed by atoms with E-state index in [4.69, 9.17) is 4.52 Å². The van der Waals surface area contributed by atoms with Gasteiger partial charge in [-0.15, -0.1) is 0 Å². The number of nitro groups is 1. The molecule has 0 unspecified atom stereocenters. The molecule has 9 nitrogen and oxygen atoms in total. The second kappa shape index (κ2) is 9.40. The molecule has 0 bridgehead atoms. The molecule has 1 aromatic carbocycles. The van der Waals surface area contributed by atoms with Gasteiger partial charge in [0.1, 0.15) is 5.69 Å². The minimum atomic E-state index is -0.404. The summed E-state index contributed by atoms with van der Waals surface area (Å²) in [7, 11) is 1.67. The van der Waals surface area contributed by atoms with Gasteiger partial charge in [0.2, 0.25) is 0 Å². The van der Waals surface area contributed by atoms with Crippen LogP contribution >= 0.6 is 0 Å². The van der Waals surface area contributed by atoms with Crippen LogP contribution in [0.5, 0.6) is 0 Å². The lowest BCUT2D eigenvalue weighted by Crippen LogP contribution is -2.39. The number of para-hydroxylation sites is 2. The number of benzene rings is 1. The van der Waals surface area contributed by atoms with Crippen molar-refractivity contribution in [3.05, 3.63) is 51.9 Å². The highest BCUT2D eigenvalue weighted by atomic mass is 16.6. The number of nitrogens with one attached hydrogen (secondary N) is 3. The summed E-state index contributed by atoms with van der Waals surface area (Å²) in [5.74, 6) is 1.66. The van der Waals surface area contributed by atoms with Crippen molar-refractivity contribution < 1.29 is 9.45 Å². The monoisotopic (exact) mass is 360 g/mol. The van der Waals surface area contributed by atoms with Gasteiger partial charge in [-0.25, -0.2) is 0 Å². The average molecular weight is 360 g/mol. The van der Waals surface area contributed by atoms with Crippen LogP contribution in [-0.2, 0) is 6.54 Å². The van der Waals surface area contributed by atoms with E-state index in [1.54, 1.807) is 25.2 Å². The average Bonchev–Trinajstić information content (AvgIpc) is 3.10. The molecule has 0 radical (unpaired) electrons. The van der Waals surface area contributed by atoms with Gasteiger partial charge in [0.15, 0.2) is 11.7 Å². The van der Waals surface area contributed by atoms with Crippen LogP contribution in [-0.4, -0.2) is 36.2 Å². The van der Waals surface area contributed by atoms with Gasteiger partial charge in [-0.3, -0.25) is 15.1 Å². The molecule has 2 rings (SSSR count). The maximum Gasteiger partial charge on any atom is 0.292 e. The van der Waals surface area contributed by atoms with E-state index in [-0.39, 0.29) is 5.69 Å². The summed E-state index contributed by atoms with van der Waals surface area (Å²) in [6.07, 6.45) is 0. The third-order valence-corrected chi connectivity index (χ3v) is 3.66. The van der Waals surface area contributed by atoms with Crippen LogP contribution in [0.3, 0.4) is 0 Å². The third kappa shape index (κ3) is 5.47. The van der Waals surface area contributed by atoms with E-state index in [2.05, 4.69) is 39.9 Å². The zero-order valence-electron chi connectivity index (χ0n) is 15.2. The fourth-order valence-electron chi connectivity index (χ4n) is 2.24.